The van der Waals surface area contributed by atoms with Crippen LogP contribution in [0.5, 0.6) is 5.75 Å². The third kappa shape index (κ3) is 4.95. The second-order valence-electron chi connectivity index (χ2n) is 6.08. The number of anilines is 1. The largest absolute Gasteiger partial charge is 0.455 e. The number of nitrogens with zero attached hydrogens (tertiary/aromatic N) is 1. The van der Waals surface area contributed by atoms with Crippen LogP contribution in [0.3, 0.4) is 0 Å². The van der Waals surface area contributed by atoms with Gasteiger partial charge in [0, 0.05) is 5.69 Å². The number of piperidine rings is 1. The average Bonchev–Trinajstić information content (AvgIpc) is 3.06. The van der Waals surface area contributed by atoms with Crippen molar-refractivity contribution in [2.45, 2.75) is 32.4 Å². The lowest BCUT2D eigenvalue weighted by Crippen LogP contribution is -2.28. The summed E-state index contributed by atoms with van der Waals surface area (Å²) in [7, 11) is 0. The van der Waals surface area contributed by atoms with Gasteiger partial charge in [0.15, 0.2) is 5.76 Å². The predicted octanol–water partition coefficient (Wildman–Crippen LogP) is 4.77. The molecule has 1 aromatic carbocycles. The molecule has 1 N–H and O–H groups in total. The predicted molar refractivity (Wildman–Crippen MR) is 93.9 cm³/mol. The molecule has 8 heteroatoms. The topological polar surface area (TPSA) is 54.7 Å². The summed E-state index contributed by atoms with van der Waals surface area (Å²) in [5, 5.41) is 2.60. The number of ether oxygens (including phenoxy) is 1. The SMILES string of the molecule is O=C(Nc1ccc(OC(F)F)c(Cl)c1)c1ccc(CN2CCCCC2)o1. The lowest BCUT2D eigenvalue weighted by Gasteiger charge is -2.25. The number of halogens is 3. The minimum absolute atomic E-state index is 0.0201. The molecule has 1 saturated heterocycles. The van der Waals surface area contributed by atoms with Crippen molar-refractivity contribution < 1.29 is 22.7 Å². The number of benzene rings is 1. The molecule has 1 aliphatic rings. The van der Waals surface area contributed by atoms with Gasteiger partial charge in [-0.15, -0.1) is 0 Å². The maximum atomic E-state index is 12.3. The van der Waals surface area contributed by atoms with Gasteiger partial charge in [-0.1, -0.05) is 18.0 Å². The molecule has 0 atom stereocenters. The van der Waals surface area contributed by atoms with Gasteiger partial charge in [-0.3, -0.25) is 9.69 Å². The van der Waals surface area contributed by atoms with Gasteiger partial charge in [-0.05, 0) is 56.3 Å². The molecule has 0 bridgehead atoms. The Morgan fingerprint density at radius 1 is 1.23 bits per heavy atom. The van der Waals surface area contributed by atoms with Gasteiger partial charge in [0.05, 0.1) is 11.6 Å². The Morgan fingerprint density at radius 2 is 2.00 bits per heavy atom. The van der Waals surface area contributed by atoms with Gasteiger partial charge in [0.1, 0.15) is 11.5 Å². The number of furan rings is 1. The van der Waals surface area contributed by atoms with E-state index in [0.29, 0.717) is 12.2 Å². The summed E-state index contributed by atoms with van der Waals surface area (Å²) in [6, 6.07) is 7.45. The molecule has 26 heavy (non-hydrogen) atoms. The van der Waals surface area contributed by atoms with Crippen LogP contribution in [0, 0.1) is 0 Å². The van der Waals surface area contributed by atoms with Crippen LogP contribution < -0.4 is 10.1 Å². The van der Waals surface area contributed by atoms with Crippen LogP contribution in [0.4, 0.5) is 14.5 Å². The van der Waals surface area contributed by atoms with Gasteiger partial charge < -0.3 is 14.5 Å². The second kappa shape index (κ2) is 8.51. The molecule has 0 saturated carbocycles. The number of amides is 1. The van der Waals surface area contributed by atoms with Crippen molar-refractivity contribution >= 4 is 23.2 Å². The van der Waals surface area contributed by atoms with Crippen molar-refractivity contribution in [3.05, 3.63) is 46.9 Å². The molecule has 0 unspecified atom stereocenters. The molecule has 1 fully saturated rings. The fraction of sp³-hybridized carbons (Fsp3) is 0.389. The van der Waals surface area contributed by atoms with Crippen molar-refractivity contribution in [3.63, 3.8) is 0 Å². The van der Waals surface area contributed by atoms with E-state index in [1.807, 2.05) is 0 Å². The fourth-order valence-electron chi connectivity index (χ4n) is 2.89. The summed E-state index contributed by atoms with van der Waals surface area (Å²) in [6.07, 6.45) is 3.62. The van der Waals surface area contributed by atoms with Gasteiger partial charge in [0.25, 0.3) is 5.91 Å². The van der Waals surface area contributed by atoms with Crippen LogP contribution in [-0.4, -0.2) is 30.5 Å². The Hall–Kier alpha value is -2.12. The number of carbonyl (C=O) groups excluding carboxylic acids is 1. The van der Waals surface area contributed by atoms with E-state index in [4.69, 9.17) is 16.0 Å². The molecule has 0 spiro atoms. The molecule has 1 aromatic heterocycles. The normalized spacial score (nSPS) is 15.2. The Bertz CT molecular complexity index is 761. The highest BCUT2D eigenvalue weighted by Crippen LogP contribution is 2.29. The number of likely N-dealkylation sites (tertiary alicyclic amines) is 1. The molecule has 1 aliphatic heterocycles. The monoisotopic (exact) mass is 384 g/mol. The van der Waals surface area contributed by atoms with Crippen LogP contribution in [0.1, 0.15) is 35.6 Å². The van der Waals surface area contributed by atoms with Crippen LogP contribution in [0.2, 0.25) is 5.02 Å². The van der Waals surface area contributed by atoms with Crippen LogP contribution in [-0.2, 0) is 6.54 Å². The van der Waals surface area contributed by atoms with E-state index in [1.165, 1.54) is 37.5 Å². The van der Waals surface area contributed by atoms with E-state index in [1.54, 1.807) is 12.1 Å². The highest BCUT2D eigenvalue weighted by Gasteiger charge is 2.16. The van der Waals surface area contributed by atoms with Gasteiger partial charge >= 0.3 is 6.61 Å². The number of carbonyl (C=O) groups is 1. The lowest BCUT2D eigenvalue weighted by atomic mass is 10.1. The first-order valence-corrected chi connectivity index (χ1v) is 8.76. The van der Waals surface area contributed by atoms with Crippen LogP contribution in [0.15, 0.2) is 34.7 Å². The molecule has 0 aliphatic carbocycles. The van der Waals surface area contributed by atoms with E-state index < -0.39 is 12.5 Å². The molecule has 2 heterocycles. The molecule has 2 aromatic rings. The molecular weight excluding hydrogens is 366 g/mol. The summed E-state index contributed by atoms with van der Waals surface area (Å²) in [6.45, 7) is -0.213. The van der Waals surface area contributed by atoms with Crippen molar-refractivity contribution in [1.82, 2.24) is 4.90 Å². The zero-order valence-corrected chi connectivity index (χ0v) is 14.8. The maximum absolute atomic E-state index is 12.3. The second-order valence-corrected chi connectivity index (χ2v) is 6.49. The van der Waals surface area contributed by atoms with Gasteiger partial charge in [-0.2, -0.15) is 8.78 Å². The number of rotatable bonds is 6. The van der Waals surface area contributed by atoms with E-state index in [9.17, 15) is 13.6 Å². The molecule has 3 rings (SSSR count). The fourth-order valence-corrected chi connectivity index (χ4v) is 3.11. The smallest absolute Gasteiger partial charge is 0.387 e. The Kier molecular flexibility index (Phi) is 6.11. The van der Waals surface area contributed by atoms with Crippen LogP contribution in [0.25, 0.3) is 0 Å². The Labute approximate surface area is 154 Å². The Balaban J connectivity index is 1.60. The minimum Gasteiger partial charge on any atom is -0.455 e. The molecule has 0 radical (unpaired) electrons. The highest BCUT2D eigenvalue weighted by molar-refractivity contribution is 6.32. The summed E-state index contributed by atoms with van der Waals surface area (Å²) < 4.78 is 34.4. The average molecular weight is 385 g/mol. The quantitative estimate of drug-likeness (QED) is 0.779. The highest BCUT2D eigenvalue weighted by atomic mass is 35.5. The summed E-state index contributed by atoms with van der Waals surface area (Å²) >= 11 is 5.88. The van der Waals surface area contributed by atoms with E-state index in [-0.39, 0.29) is 16.5 Å². The van der Waals surface area contributed by atoms with Gasteiger partial charge in [0.2, 0.25) is 0 Å². The lowest BCUT2D eigenvalue weighted by molar-refractivity contribution is -0.0497. The molecule has 140 valence electrons. The molecule has 5 nitrogen and oxygen atoms in total. The number of nitrogens with one attached hydrogen (secondary N) is 1. The Morgan fingerprint density at radius 3 is 2.69 bits per heavy atom. The summed E-state index contributed by atoms with van der Waals surface area (Å²) in [4.78, 5) is 14.6. The number of hydrogen-bond acceptors (Lipinski definition) is 4. The van der Waals surface area contributed by atoms with E-state index in [2.05, 4.69) is 15.0 Å². The van der Waals surface area contributed by atoms with Crippen molar-refractivity contribution in [3.8, 4) is 5.75 Å². The van der Waals surface area contributed by atoms with E-state index >= 15 is 0 Å². The van der Waals surface area contributed by atoms with Crippen molar-refractivity contribution in [2.75, 3.05) is 18.4 Å². The maximum Gasteiger partial charge on any atom is 0.387 e. The van der Waals surface area contributed by atoms with Crippen molar-refractivity contribution in [2.24, 2.45) is 0 Å². The first kappa shape index (κ1) is 18.7. The number of alkyl halides is 2. The van der Waals surface area contributed by atoms with E-state index in [0.717, 1.165) is 18.8 Å². The van der Waals surface area contributed by atoms with Crippen molar-refractivity contribution in [1.29, 1.82) is 0 Å². The van der Waals surface area contributed by atoms with Crippen LogP contribution >= 0.6 is 11.6 Å². The zero-order chi connectivity index (χ0) is 18.5. The summed E-state index contributed by atoms with van der Waals surface area (Å²) in [5.41, 5.74) is 0.357. The third-order valence-corrected chi connectivity index (χ3v) is 4.41. The standard InChI is InChI=1S/C18H19ClF2N2O3/c19-14-10-12(4-6-15(14)26-18(20)21)22-17(24)16-7-5-13(25-16)11-23-8-2-1-3-9-23/h4-7,10,18H,1-3,8-9,11H2,(H,22,24). The molecule has 1 amide bonds. The van der Waals surface area contributed by atoms with Gasteiger partial charge in [-0.25, -0.2) is 0 Å². The number of hydrogen-bond donors (Lipinski definition) is 1. The minimum atomic E-state index is -2.96. The molecular formula is C18H19ClF2N2O3. The summed E-state index contributed by atoms with van der Waals surface area (Å²) in [5.74, 6) is 0.326. The third-order valence-electron chi connectivity index (χ3n) is 4.12. The first-order chi connectivity index (χ1) is 12.5. The zero-order valence-electron chi connectivity index (χ0n) is 14.0. The first-order valence-electron chi connectivity index (χ1n) is 8.38.